The fourth-order valence-electron chi connectivity index (χ4n) is 1.98. The fraction of sp³-hybridized carbons (Fsp3) is 0.0667. The first kappa shape index (κ1) is 12.7. The molecule has 1 atom stereocenters. The third-order valence-electron chi connectivity index (χ3n) is 2.95. The molecule has 96 valence electrons. The zero-order chi connectivity index (χ0) is 13.4. The summed E-state index contributed by atoms with van der Waals surface area (Å²) in [6, 6.07) is 14.7. The van der Waals surface area contributed by atoms with Gasteiger partial charge in [-0.05, 0) is 42.0 Å². The summed E-state index contributed by atoms with van der Waals surface area (Å²) in [5.74, 6) is 0.514. The predicted octanol–water partition coefficient (Wildman–Crippen LogP) is 4.93. The van der Waals surface area contributed by atoms with Crippen LogP contribution in [-0.2, 0) is 0 Å². The average molecular weight is 338 g/mol. The van der Waals surface area contributed by atoms with E-state index in [-0.39, 0.29) is 0 Å². The lowest BCUT2D eigenvalue weighted by Gasteiger charge is -2.07. The van der Waals surface area contributed by atoms with Gasteiger partial charge in [-0.25, -0.2) is 0 Å². The van der Waals surface area contributed by atoms with E-state index in [2.05, 4.69) is 15.9 Å². The number of hydrogen-bond acceptors (Lipinski definition) is 2. The van der Waals surface area contributed by atoms with Crippen molar-refractivity contribution < 1.29 is 9.52 Å². The quantitative estimate of drug-likeness (QED) is 0.719. The van der Waals surface area contributed by atoms with Crippen LogP contribution in [0, 0.1) is 0 Å². The monoisotopic (exact) mass is 336 g/mol. The minimum Gasteiger partial charge on any atom is -0.458 e. The Hall–Kier alpha value is -1.29. The van der Waals surface area contributed by atoms with Crippen molar-refractivity contribution >= 4 is 38.5 Å². The summed E-state index contributed by atoms with van der Waals surface area (Å²) in [7, 11) is 0. The third-order valence-corrected chi connectivity index (χ3v) is 3.72. The number of aliphatic hydroxyl groups is 1. The van der Waals surface area contributed by atoms with Gasteiger partial charge in [0.05, 0.1) is 0 Å². The van der Waals surface area contributed by atoms with E-state index >= 15 is 0 Å². The molecule has 4 heteroatoms. The van der Waals surface area contributed by atoms with Crippen molar-refractivity contribution in [2.75, 3.05) is 0 Å². The Morgan fingerprint density at radius 1 is 1.05 bits per heavy atom. The van der Waals surface area contributed by atoms with Crippen LogP contribution < -0.4 is 0 Å². The first-order chi connectivity index (χ1) is 9.13. The fourth-order valence-corrected chi connectivity index (χ4v) is 2.42. The lowest BCUT2D eigenvalue weighted by atomic mass is 10.1. The summed E-state index contributed by atoms with van der Waals surface area (Å²) in [6.45, 7) is 0. The average Bonchev–Trinajstić information content (AvgIpc) is 2.81. The second kappa shape index (κ2) is 5.00. The van der Waals surface area contributed by atoms with Crippen molar-refractivity contribution in [1.29, 1.82) is 0 Å². The van der Waals surface area contributed by atoms with Crippen LogP contribution in [0.1, 0.15) is 17.4 Å². The van der Waals surface area contributed by atoms with Gasteiger partial charge in [0, 0.05) is 14.9 Å². The molecule has 19 heavy (non-hydrogen) atoms. The minimum absolute atomic E-state index is 0.514. The van der Waals surface area contributed by atoms with E-state index in [4.69, 9.17) is 16.0 Å². The van der Waals surface area contributed by atoms with Gasteiger partial charge in [-0.3, -0.25) is 0 Å². The van der Waals surface area contributed by atoms with Crippen molar-refractivity contribution in [2.45, 2.75) is 6.10 Å². The smallest absolute Gasteiger partial charge is 0.138 e. The van der Waals surface area contributed by atoms with Gasteiger partial charge in [0.1, 0.15) is 17.4 Å². The summed E-state index contributed by atoms with van der Waals surface area (Å²) >= 11 is 9.30. The highest BCUT2D eigenvalue weighted by molar-refractivity contribution is 9.10. The normalized spacial score (nSPS) is 12.8. The number of furan rings is 1. The highest BCUT2D eigenvalue weighted by Gasteiger charge is 2.15. The SMILES string of the molecule is OC(c1ccc(Br)cc1)c1cc2cc(Cl)ccc2o1. The molecule has 3 rings (SSSR count). The van der Waals surface area contributed by atoms with Crippen LogP contribution in [-0.4, -0.2) is 5.11 Å². The zero-order valence-corrected chi connectivity index (χ0v) is 12.1. The molecule has 1 heterocycles. The molecule has 0 spiro atoms. The van der Waals surface area contributed by atoms with E-state index in [9.17, 15) is 5.11 Å². The maximum absolute atomic E-state index is 10.3. The van der Waals surface area contributed by atoms with Gasteiger partial charge < -0.3 is 9.52 Å². The van der Waals surface area contributed by atoms with E-state index in [0.29, 0.717) is 10.8 Å². The number of aliphatic hydroxyl groups excluding tert-OH is 1. The zero-order valence-electron chi connectivity index (χ0n) is 9.81. The van der Waals surface area contributed by atoms with Gasteiger partial charge in [-0.2, -0.15) is 0 Å². The predicted molar refractivity (Wildman–Crippen MR) is 79.4 cm³/mol. The first-order valence-corrected chi connectivity index (χ1v) is 6.93. The molecule has 0 aliphatic rings. The molecule has 0 amide bonds. The van der Waals surface area contributed by atoms with Gasteiger partial charge in [-0.15, -0.1) is 0 Å². The topological polar surface area (TPSA) is 33.4 Å². The van der Waals surface area contributed by atoms with Crippen LogP contribution in [0.2, 0.25) is 5.02 Å². The largest absolute Gasteiger partial charge is 0.458 e. The number of rotatable bonds is 2. The molecule has 1 unspecified atom stereocenters. The van der Waals surface area contributed by atoms with Crippen molar-refractivity contribution in [3.63, 3.8) is 0 Å². The van der Waals surface area contributed by atoms with E-state index in [1.54, 1.807) is 12.1 Å². The number of hydrogen-bond donors (Lipinski definition) is 1. The van der Waals surface area contributed by atoms with Crippen molar-refractivity contribution in [3.8, 4) is 0 Å². The lowest BCUT2D eigenvalue weighted by Crippen LogP contribution is -1.97. The van der Waals surface area contributed by atoms with Crippen LogP contribution in [0.5, 0.6) is 0 Å². The molecule has 0 saturated carbocycles. The van der Waals surface area contributed by atoms with E-state index in [1.807, 2.05) is 36.4 Å². The Morgan fingerprint density at radius 2 is 1.79 bits per heavy atom. The summed E-state index contributed by atoms with van der Waals surface area (Å²) in [4.78, 5) is 0. The molecular formula is C15H10BrClO2. The van der Waals surface area contributed by atoms with Crippen molar-refractivity contribution in [3.05, 3.63) is 69.3 Å². The maximum Gasteiger partial charge on any atom is 0.138 e. The number of fused-ring (bicyclic) bond motifs is 1. The van der Waals surface area contributed by atoms with Crippen molar-refractivity contribution in [1.82, 2.24) is 0 Å². The van der Waals surface area contributed by atoms with E-state index in [1.165, 1.54) is 0 Å². The highest BCUT2D eigenvalue weighted by Crippen LogP contribution is 2.30. The summed E-state index contributed by atoms with van der Waals surface area (Å²) < 4.78 is 6.62. The van der Waals surface area contributed by atoms with Gasteiger partial charge in [-0.1, -0.05) is 39.7 Å². The molecule has 0 radical (unpaired) electrons. The second-order valence-corrected chi connectivity index (χ2v) is 5.64. The highest BCUT2D eigenvalue weighted by atomic mass is 79.9. The number of halogens is 2. The molecule has 2 aromatic carbocycles. The summed E-state index contributed by atoms with van der Waals surface area (Å²) in [5, 5.41) is 11.8. The molecule has 1 N–H and O–H groups in total. The Balaban J connectivity index is 2.01. The summed E-state index contributed by atoms with van der Waals surface area (Å²) in [6.07, 6.45) is -0.778. The van der Waals surface area contributed by atoms with Gasteiger partial charge >= 0.3 is 0 Å². The molecule has 3 aromatic rings. The molecule has 0 aliphatic heterocycles. The van der Waals surface area contributed by atoms with Crippen LogP contribution in [0.4, 0.5) is 0 Å². The number of benzene rings is 2. The third kappa shape index (κ3) is 2.54. The minimum atomic E-state index is -0.778. The lowest BCUT2D eigenvalue weighted by molar-refractivity contribution is 0.192. The van der Waals surface area contributed by atoms with E-state index < -0.39 is 6.10 Å². The molecule has 0 aliphatic carbocycles. The van der Waals surface area contributed by atoms with Crippen LogP contribution in [0.25, 0.3) is 11.0 Å². The van der Waals surface area contributed by atoms with Gasteiger partial charge in [0.15, 0.2) is 0 Å². The van der Waals surface area contributed by atoms with Crippen LogP contribution >= 0.6 is 27.5 Å². The Bertz CT molecular complexity index is 719. The molecule has 0 bridgehead atoms. The first-order valence-electron chi connectivity index (χ1n) is 5.76. The summed E-state index contributed by atoms with van der Waals surface area (Å²) in [5.41, 5.74) is 1.50. The molecule has 0 fully saturated rings. The molecule has 2 nitrogen and oxygen atoms in total. The van der Waals surface area contributed by atoms with Gasteiger partial charge in [0.2, 0.25) is 0 Å². The van der Waals surface area contributed by atoms with Crippen LogP contribution in [0.15, 0.2) is 57.4 Å². The van der Waals surface area contributed by atoms with Crippen molar-refractivity contribution in [2.24, 2.45) is 0 Å². The standard InChI is InChI=1S/C15H10BrClO2/c16-11-3-1-9(2-4-11)15(18)14-8-10-7-12(17)5-6-13(10)19-14/h1-8,15,18H. The molecule has 1 aromatic heterocycles. The molecule has 0 saturated heterocycles. The Labute approximate surface area is 123 Å². The Kier molecular flexibility index (Phi) is 3.35. The Morgan fingerprint density at radius 3 is 2.53 bits per heavy atom. The van der Waals surface area contributed by atoms with E-state index in [0.717, 1.165) is 21.0 Å². The van der Waals surface area contributed by atoms with Crippen LogP contribution in [0.3, 0.4) is 0 Å². The molecular weight excluding hydrogens is 328 g/mol. The second-order valence-electron chi connectivity index (χ2n) is 4.29. The van der Waals surface area contributed by atoms with Gasteiger partial charge in [0.25, 0.3) is 0 Å². The maximum atomic E-state index is 10.3.